The molecule has 3 N–H and O–H groups in total. The lowest BCUT2D eigenvalue weighted by atomic mass is 9.95. The first-order valence-electron chi connectivity index (χ1n) is 7.16. The van der Waals surface area contributed by atoms with E-state index in [1.807, 2.05) is 39.0 Å². The summed E-state index contributed by atoms with van der Waals surface area (Å²) in [6.07, 6.45) is 0.746. The first kappa shape index (κ1) is 16.7. The van der Waals surface area contributed by atoms with Gasteiger partial charge in [-0.1, -0.05) is 25.1 Å². The minimum Gasteiger partial charge on any atom is -0.481 e. The molecule has 1 aromatic rings. The van der Waals surface area contributed by atoms with E-state index in [2.05, 4.69) is 5.32 Å². The predicted molar refractivity (Wildman–Crippen MR) is 79.8 cm³/mol. The Morgan fingerprint density at radius 2 is 2.00 bits per heavy atom. The number of carboxylic acid groups (broad SMARTS) is 1. The molecule has 0 bridgehead atoms. The average molecular weight is 279 g/mol. The Morgan fingerprint density at radius 1 is 1.30 bits per heavy atom. The van der Waals surface area contributed by atoms with Gasteiger partial charge in [0.2, 0.25) is 0 Å². The largest absolute Gasteiger partial charge is 0.481 e. The summed E-state index contributed by atoms with van der Waals surface area (Å²) in [7, 11) is 0. The van der Waals surface area contributed by atoms with Crippen molar-refractivity contribution in [2.24, 2.45) is 0 Å². The Bertz CT molecular complexity index is 445. The van der Waals surface area contributed by atoms with Gasteiger partial charge in [0.1, 0.15) is 0 Å². The van der Waals surface area contributed by atoms with E-state index in [1.165, 1.54) is 5.56 Å². The maximum absolute atomic E-state index is 10.7. The highest BCUT2D eigenvalue weighted by Crippen LogP contribution is 2.22. The van der Waals surface area contributed by atoms with Crippen LogP contribution in [0.1, 0.15) is 49.0 Å². The zero-order valence-electron chi connectivity index (χ0n) is 12.5. The summed E-state index contributed by atoms with van der Waals surface area (Å²) in [5, 5.41) is 22.5. The maximum Gasteiger partial charge on any atom is 0.303 e. The summed E-state index contributed by atoms with van der Waals surface area (Å²) in [5.74, 6) is -0.833. The Morgan fingerprint density at radius 3 is 2.55 bits per heavy atom. The number of aliphatic hydroxyl groups excluding tert-OH is 1. The van der Waals surface area contributed by atoms with Crippen LogP contribution < -0.4 is 5.32 Å². The third-order valence-corrected chi connectivity index (χ3v) is 3.58. The van der Waals surface area contributed by atoms with E-state index in [-0.39, 0.29) is 12.5 Å². The second kappa shape index (κ2) is 8.02. The molecular formula is C16H25NO3. The molecule has 0 spiro atoms. The van der Waals surface area contributed by atoms with Gasteiger partial charge in [-0.25, -0.2) is 0 Å². The highest BCUT2D eigenvalue weighted by molar-refractivity contribution is 5.66. The summed E-state index contributed by atoms with van der Waals surface area (Å²) in [4.78, 5) is 10.7. The molecule has 0 saturated carbocycles. The zero-order valence-corrected chi connectivity index (χ0v) is 12.5. The molecule has 4 nitrogen and oxygen atoms in total. The van der Waals surface area contributed by atoms with Crippen LogP contribution in [0.5, 0.6) is 0 Å². The van der Waals surface area contributed by atoms with Gasteiger partial charge in [0.25, 0.3) is 0 Å². The van der Waals surface area contributed by atoms with Crippen molar-refractivity contribution in [2.45, 2.75) is 52.2 Å². The van der Waals surface area contributed by atoms with Gasteiger partial charge in [-0.3, -0.25) is 4.79 Å². The standard InChI is InChI=1S/C16H25NO3/c1-4-9-17-14(7-8-15(18)19)16(20)13-6-5-11(2)12(3)10-13/h5-6,10,14,16-17,20H,4,7-9H2,1-3H3,(H,18,19). The lowest BCUT2D eigenvalue weighted by molar-refractivity contribution is -0.137. The Kier molecular flexibility index (Phi) is 6.68. The molecular weight excluding hydrogens is 254 g/mol. The third-order valence-electron chi connectivity index (χ3n) is 3.58. The molecule has 0 aliphatic rings. The molecule has 0 aromatic heterocycles. The number of nitrogens with one attached hydrogen (secondary N) is 1. The molecule has 0 radical (unpaired) electrons. The lowest BCUT2D eigenvalue weighted by Gasteiger charge is -2.24. The van der Waals surface area contributed by atoms with Gasteiger partial charge in [-0.05, 0) is 49.9 Å². The number of carbonyl (C=O) groups is 1. The van der Waals surface area contributed by atoms with Crippen molar-refractivity contribution in [3.8, 4) is 0 Å². The van der Waals surface area contributed by atoms with Crippen LogP contribution in [-0.4, -0.2) is 28.8 Å². The van der Waals surface area contributed by atoms with Gasteiger partial charge in [0, 0.05) is 12.5 Å². The monoisotopic (exact) mass is 279 g/mol. The van der Waals surface area contributed by atoms with Crippen molar-refractivity contribution >= 4 is 5.97 Å². The second-order valence-electron chi connectivity index (χ2n) is 5.28. The van der Waals surface area contributed by atoms with Crippen LogP contribution in [0.4, 0.5) is 0 Å². The number of aryl methyl sites for hydroxylation is 2. The van der Waals surface area contributed by atoms with E-state index in [4.69, 9.17) is 5.11 Å². The number of hydrogen-bond donors (Lipinski definition) is 3. The van der Waals surface area contributed by atoms with E-state index < -0.39 is 12.1 Å². The molecule has 1 rings (SSSR count). The molecule has 2 unspecified atom stereocenters. The van der Waals surface area contributed by atoms with Gasteiger partial charge in [-0.2, -0.15) is 0 Å². The fourth-order valence-corrected chi connectivity index (χ4v) is 2.16. The molecule has 4 heteroatoms. The number of carboxylic acids is 1. The SMILES string of the molecule is CCCNC(CCC(=O)O)C(O)c1ccc(C)c(C)c1. The zero-order chi connectivity index (χ0) is 15.1. The average Bonchev–Trinajstić information content (AvgIpc) is 2.41. The normalized spacial score (nSPS) is 14.0. The summed E-state index contributed by atoms with van der Waals surface area (Å²) < 4.78 is 0. The molecule has 112 valence electrons. The molecule has 0 aliphatic heterocycles. The van der Waals surface area contributed by atoms with E-state index in [0.29, 0.717) is 6.42 Å². The highest BCUT2D eigenvalue weighted by Gasteiger charge is 2.21. The molecule has 0 aliphatic carbocycles. The Labute approximate surface area is 120 Å². The number of benzene rings is 1. The van der Waals surface area contributed by atoms with Crippen LogP contribution in [0.2, 0.25) is 0 Å². The fraction of sp³-hybridized carbons (Fsp3) is 0.562. The highest BCUT2D eigenvalue weighted by atomic mass is 16.4. The second-order valence-corrected chi connectivity index (χ2v) is 5.28. The first-order chi connectivity index (χ1) is 9.45. The molecule has 0 heterocycles. The molecule has 1 aromatic carbocycles. The van der Waals surface area contributed by atoms with Crippen molar-refractivity contribution in [3.63, 3.8) is 0 Å². The van der Waals surface area contributed by atoms with Crippen molar-refractivity contribution in [1.82, 2.24) is 5.32 Å². The van der Waals surface area contributed by atoms with Gasteiger partial charge in [0.05, 0.1) is 6.10 Å². The number of hydrogen-bond acceptors (Lipinski definition) is 3. The molecule has 0 saturated heterocycles. The lowest BCUT2D eigenvalue weighted by Crippen LogP contribution is -2.36. The van der Waals surface area contributed by atoms with Crippen LogP contribution in [0.15, 0.2) is 18.2 Å². The summed E-state index contributed by atoms with van der Waals surface area (Å²) in [6, 6.07) is 5.64. The summed E-state index contributed by atoms with van der Waals surface area (Å²) in [6.45, 7) is 6.86. The predicted octanol–water partition coefficient (Wildman–Crippen LogP) is 2.57. The van der Waals surface area contributed by atoms with Crippen LogP contribution in [0, 0.1) is 13.8 Å². The van der Waals surface area contributed by atoms with Crippen LogP contribution >= 0.6 is 0 Å². The smallest absolute Gasteiger partial charge is 0.303 e. The Hall–Kier alpha value is -1.39. The fourth-order valence-electron chi connectivity index (χ4n) is 2.16. The minimum atomic E-state index is -0.833. The van der Waals surface area contributed by atoms with Crippen molar-refractivity contribution in [1.29, 1.82) is 0 Å². The topological polar surface area (TPSA) is 69.6 Å². The number of aliphatic hydroxyl groups is 1. The van der Waals surface area contributed by atoms with Crippen molar-refractivity contribution in [2.75, 3.05) is 6.54 Å². The van der Waals surface area contributed by atoms with Crippen LogP contribution in [0.3, 0.4) is 0 Å². The van der Waals surface area contributed by atoms with E-state index in [0.717, 1.165) is 24.1 Å². The van der Waals surface area contributed by atoms with Crippen LogP contribution in [-0.2, 0) is 4.79 Å². The molecule has 0 amide bonds. The molecule has 20 heavy (non-hydrogen) atoms. The number of aliphatic carboxylic acids is 1. The maximum atomic E-state index is 10.7. The van der Waals surface area contributed by atoms with Gasteiger partial charge >= 0.3 is 5.97 Å². The minimum absolute atomic E-state index is 0.0588. The van der Waals surface area contributed by atoms with Crippen LogP contribution in [0.25, 0.3) is 0 Å². The molecule has 0 fully saturated rings. The Balaban J connectivity index is 2.81. The van der Waals surface area contributed by atoms with E-state index >= 15 is 0 Å². The summed E-state index contributed by atoms with van der Waals surface area (Å²) >= 11 is 0. The van der Waals surface area contributed by atoms with Gasteiger partial charge in [-0.15, -0.1) is 0 Å². The number of rotatable bonds is 8. The first-order valence-corrected chi connectivity index (χ1v) is 7.16. The van der Waals surface area contributed by atoms with Gasteiger partial charge < -0.3 is 15.5 Å². The molecule has 2 atom stereocenters. The van der Waals surface area contributed by atoms with E-state index in [9.17, 15) is 9.90 Å². The van der Waals surface area contributed by atoms with Crippen molar-refractivity contribution < 1.29 is 15.0 Å². The summed E-state index contributed by atoms with van der Waals surface area (Å²) in [5.41, 5.74) is 3.16. The van der Waals surface area contributed by atoms with Crippen molar-refractivity contribution in [3.05, 3.63) is 34.9 Å². The third kappa shape index (κ3) is 4.94. The van der Waals surface area contributed by atoms with E-state index in [1.54, 1.807) is 0 Å². The quantitative estimate of drug-likeness (QED) is 0.684. The van der Waals surface area contributed by atoms with Gasteiger partial charge in [0.15, 0.2) is 0 Å².